The Bertz CT molecular complexity index is 1250. The number of hydrogen-bond donors (Lipinski definition) is 3. The van der Waals surface area contributed by atoms with Crippen molar-refractivity contribution in [3.8, 4) is 0 Å². The summed E-state index contributed by atoms with van der Waals surface area (Å²) in [5, 5.41) is 17.0. The Kier molecular flexibility index (Phi) is 7.53. The van der Waals surface area contributed by atoms with Crippen molar-refractivity contribution in [2.24, 2.45) is 5.41 Å². The summed E-state index contributed by atoms with van der Waals surface area (Å²) < 4.78 is 0. The molecule has 0 bridgehead atoms. The molecule has 1 aliphatic carbocycles. The van der Waals surface area contributed by atoms with Crippen molar-refractivity contribution in [2.75, 3.05) is 23.4 Å². The fraction of sp³-hybridized carbons (Fsp3) is 0.444. The molecule has 1 unspecified atom stereocenters. The highest BCUT2D eigenvalue weighted by atomic mass is 35.5. The maximum absolute atomic E-state index is 13.1. The fourth-order valence-electron chi connectivity index (χ4n) is 5.23. The van der Waals surface area contributed by atoms with Gasteiger partial charge in [-0.2, -0.15) is 4.98 Å². The minimum atomic E-state index is -0.325. The first kappa shape index (κ1) is 25.4. The molecular weight excluding hydrogens is 490 g/mol. The number of rotatable bonds is 8. The molecule has 1 spiro atoms. The monoisotopic (exact) mass is 521 g/mol. The van der Waals surface area contributed by atoms with Gasteiger partial charge in [0.15, 0.2) is 0 Å². The quantitative estimate of drug-likeness (QED) is 0.408. The van der Waals surface area contributed by atoms with Gasteiger partial charge < -0.3 is 20.6 Å². The van der Waals surface area contributed by atoms with Crippen molar-refractivity contribution in [3.63, 3.8) is 0 Å². The van der Waals surface area contributed by atoms with Crippen molar-refractivity contribution in [3.05, 3.63) is 70.4 Å². The van der Waals surface area contributed by atoms with Gasteiger partial charge in [0, 0.05) is 36.7 Å². The number of halogens is 1. The molecular formula is C27H32ClN7O2. The van der Waals surface area contributed by atoms with Crippen LogP contribution >= 0.6 is 11.6 Å². The molecule has 0 radical (unpaired) electrons. The summed E-state index contributed by atoms with van der Waals surface area (Å²) in [6, 6.07) is 7.56. The molecule has 3 aromatic rings. The number of hydrogen-bond acceptors (Lipinski definition) is 8. The molecule has 5 rings (SSSR count). The van der Waals surface area contributed by atoms with E-state index in [2.05, 4.69) is 30.5 Å². The van der Waals surface area contributed by atoms with Crippen molar-refractivity contribution >= 4 is 29.3 Å². The van der Waals surface area contributed by atoms with Gasteiger partial charge >= 0.3 is 0 Å². The van der Waals surface area contributed by atoms with Gasteiger partial charge in [0.25, 0.3) is 5.91 Å². The van der Waals surface area contributed by atoms with E-state index in [1.165, 1.54) is 19.3 Å². The van der Waals surface area contributed by atoms with E-state index < -0.39 is 0 Å². The van der Waals surface area contributed by atoms with Crippen LogP contribution < -0.4 is 15.5 Å². The van der Waals surface area contributed by atoms with Gasteiger partial charge in [0.1, 0.15) is 17.2 Å². The summed E-state index contributed by atoms with van der Waals surface area (Å²) in [6.45, 7) is 3.42. The molecule has 3 heterocycles. The lowest BCUT2D eigenvalue weighted by Gasteiger charge is -2.51. The van der Waals surface area contributed by atoms with Crippen molar-refractivity contribution in [2.45, 2.75) is 58.2 Å². The van der Waals surface area contributed by atoms with Gasteiger partial charge in [-0.3, -0.25) is 4.79 Å². The van der Waals surface area contributed by atoms with Crippen LogP contribution in [0.15, 0.2) is 42.9 Å². The number of aryl methyl sites for hydroxylation is 1. The van der Waals surface area contributed by atoms with Gasteiger partial charge in [-0.25, -0.2) is 15.0 Å². The highest BCUT2D eigenvalue weighted by molar-refractivity contribution is 6.31. The van der Waals surface area contributed by atoms with E-state index in [1.807, 2.05) is 25.1 Å². The molecule has 1 saturated carbocycles. The SMILES string of the molecule is Cc1ccc(CNc2nc(N3CCC4(CCC4)CC3CO)ncc2C(=O)NCc2ncccn2)cc1Cl. The predicted octanol–water partition coefficient (Wildman–Crippen LogP) is 3.90. The number of nitrogens with zero attached hydrogens (tertiary/aromatic N) is 5. The van der Waals surface area contributed by atoms with E-state index in [4.69, 9.17) is 16.6 Å². The number of benzene rings is 1. The molecule has 1 amide bonds. The fourth-order valence-corrected chi connectivity index (χ4v) is 5.43. The van der Waals surface area contributed by atoms with Crippen LogP contribution in [0, 0.1) is 12.3 Å². The molecule has 1 aromatic carbocycles. The lowest BCUT2D eigenvalue weighted by Crippen LogP contribution is -2.52. The Balaban J connectivity index is 1.38. The summed E-state index contributed by atoms with van der Waals surface area (Å²) in [4.78, 5) is 32.9. The zero-order valence-electron chi connectivity index (χ0n) is 21.0. The van der Waals surface area contributed by atoms with Gasteiger partial charge in [-0.05, 0) is 61.3 Å². The Hall–Kier alpha value is -3.30. The number of amides is 1. The topological polar surface area (TPSA) is 116 Å². The van der Waals surface area contributed by atoms with Crippen LogP contribution in [0.5, 0.6) is 0 Å². The van der Waals surface area contributed by atoms with E-state index in [0.29, 0.717) is 40.1 Å². The first-order chi connectivity index (χ1) is 18.0. The normalized spacial score (nSPS) is 18.4. The molecule has 9 nitrogen and oxygen atoms in total. The molecule has 2 aliphatic rings. The first-order valence-corrected chi connectivity index (χ1v) is 13.1. The van der Waals surface area contributed by atoms with Crippen molar-refractivity contribution < 1.29 is 9.90 Å². The number of aliphatic hydroxyl groups is 1. The van der Waals surface area contributed by atoms with Gasteiger partial charge in [0.05, 0.1) is 19.2 Å². The molecule has 3 N–H and O–H groups in total. The largest absolute Gasteiger partial charge is 0.394 e. The number of carbonyl (C=O) groups is 1. The molecule has 1 saturated heterocycles. The van der Waals surface area contributed by atoms with E-state index in [1.54, 1.807) is 24.7 Å². The van der Waals surface area contributed by atoms with Gasteiger partial charge in [-0.1, -0.05) is 30.2 Å². The Morgan fingerprint density at radius 3 is 2.70 bits per heavy atom. The second-order valence-corrected chi connectivity index (χ2v) is 10.5. The van der Waals surface area contributed by atoms with Gasteiger partial charge in [-0.15, -0.1) is 0 Å². The Morgan fingerprint density at radius 1 is 1.19 bits per heavy atom. The first-order valence-electron chi connectivity index (χ1n) is 12.7. The smallest absolute Gasteiger partial charge is 0.256 e. The van der Waals surface area contributed by atoms with Crippen LogP contribution in [0.1, 0.15) is 59.4 Å². The number of aliphatic hydroxyl groups excluding tert-OH is 1. The zero-order valence-corrected chi connectivity index (χ0v) is 21.7. The molecule has 1 aliphatic heterocycles. The van der Waals surface area contributed by atoms with Crippen LogP contribution in [0.3, 0.4) is 0 Å². The molecule has 10 heteroatoms. The zero-order chi connectivity index (χ0) is 25.8. The molecule has 1 atom stereocenters. The summed E-state index contributed by atoms with van der Waals surface area (Å²) in [5.74, 6) is 1.13. The van der Waals surface area contributed by atoms with Crippen LogP contribution in [0.2, 0.25) is 5.02 Å². The molecule has 194 valence electrons. The lowest BCUT2D eigenvalue weighted by molar-refractivity contribution is 0.0602. The Labute approximate surface area is 221 Å². The van der Waals surface area contributed by atoms with Crippen LogP contribution in [-0.2, 0) is 13.1 Å². The standard InChI is InChI=1S/C27H32ClN7O2/c1-18-4-5-19(12-22(18)28)14-31-24-21(25(37)32-16-23-29-9-3-10-30-23)15-33-26(34-24)35-11-8-27(6-2-7-27)13-20(35)17-36/h3-5,9-10,12,15,20,36H,2,6-8,11,13-14,16-17H2,1H3,(H,32,37)(H,31,33,34). The number of anilines is 2. The van der Waals surface area contributed by atoms with Crippen LogP contribution in [-0.4, -0.2) is 50.1 Å². The highest BCUT2D eigenvalue weighted by Gasteiger charge is 2.44. The average Bonchev–Trinajstić information content (AvgIpc) is 2.91. The third kappa shape index (κ3) is 5.67. The average molecular weight is 522 g/mol. The number of carbonyl (C=O) groups excluding carboxylic acids is 1. The maximum Gasteiger partial charge on any atom is 0.256 e. The molecule has 2 aromatic heterocycles. The van der Waals surface area contributed by atoms with Crippen LogP contribution in [0.4, 0.5) is 11.8 Å². The summed E-state index contributed by atoms with van der Waals surface area (Å²) in [6.07, 6.45) is 10.6. The highest BCUT2D eigenvalue weighted by Crippen LogP contribution is 2.50. The Morgan fingerprint density at radius 2 is 2.00 bits per heavy atom. The van der Waals surface area contributed by atoms with Gasteiger partial charge in [0.2, 0.25) is 5.95 Å². The minimum absolute atomic E-state index is 0.0345. The molecule has 37 heavy (non-hydrogen) atoms. The van der Waals surface area contributed by atoms with E-state index in [9.17, 15) is 9.90 Å². The summed E-state index contributed by atoms with van der Waals surface area (Å²) in [7, 11) is 0. The predicted molar refractivity (Wildman–Crippen MR) is 142 cm³/mol. The second-order valence-electron chi connectivity index (χ2n) is 10.1. The van der Waals surface area contributed by atoms with E-state index in [0.717, 1.165) is 30.5 Å². The third-order valence-corrected chi connectivity index (χ3v) is 8.02. The maximum atomic E-state index is 13.1. The molecule has 2 fully saturated rings. The van der Waals surface area contributed by atoms with Crippen LogP contribution in [0.25, 0.3) is 0 Å². The number of piperidine rings is 1. The van der Waals surface area contributed by atoms with E-state index >= 15 is 0 Å². The number of nitrogens with one attached hydrogen (secondary N) is 2. The summed E-state index contributed by atoms with van der Waals surface area (Å²) in [5.41, 5.74) is 2.65. The minimum Gasteiger partial charge on any atom is -0.394 e. The summed E-state index contributed by atoms with van der Waals surface area (Å²) >= 11 is 6.32. The number of aromatic nitrogens is 4. The van der Waals surface area contributed by atoms with E-state index in [-0.39, 0.29) is 25.1 Å². The second kappa shape index (κ2) is 11.0. The van der Waals surface area contributed by atoms with Crippen molar-refractivity contribution in [1.29, 1.82) is 0 Å². The van der Waals surface area contributed by atoms with Crippen molar-refractivity contribution in [1.82, 2.24) is 25.3 Å². The lowest BCUT2D eigenvalue weighted by atomic mass is 9.61. The third-order valence-electron chi connectivity index (χ3n) is 7.62.